The number of halogens is 5. The second-order valence-corrected chi connectivity index (χ2v) is 4.47. The first-order chi connectivity index (χ1) is 9.31. The van der Waals surface area contributed by atoms with Gasteiger partial charge in [0, 0.05) is 19.7 Å². The molecular formula is C13H16F5NO. The van der Waals surface area contributed by atoms with Gasteiger partial charge in [-0.05, 0) is 30.5 Å². The highest BCUT2D eigenvalue weighted by atomic mass is 19.4. The molecule has 0 aromatic heterocycles. The van der Waals surface area contributed by atoms with Gasteiger partial charge in [-0.15, -0.1) is 0 Å². The van der Waals surface area contributed by atoms with E-state index in [1.165, 1.54) is 6.07 Å². The van der Waals surface area contributed by atoms with Crippen molar-refractivity contribution in [3.63, 3.8) is 0 Å². The first-order valence-electron chi connectivity index (χ1n) is 6.15. The minimum atomic E-state index is -4.33. The number of hydrogen-bond acceptors (Lipinski definition) is 2. The minimum Gasteiger partial charge on any atom is -0.396 e. The summed E-state index contributed by atoms with van der Waals surface area (Å²) in [5.41, 5.74) is 0.431. The Balaban J connectivity index is 2.58. The third-order valence-electron chi connectivity index (χ3n) is 2.74. The Morgan fingerprint density at radius 3 is 2.30 bits per heavy atom. The van der Waals surface area contributed by atoms with Gasteiger partial charge in [0.2, 0.25) is 0 Å². The topological polar surface area (TPSA) is 23.5 Å². The molecule has 1 N–H and O–H groups in total. The Morgan fingerprint density at radius 2 is 1.75 bits per heavy atom. The molecule has 1 aromatic carbocycles. The summed E-state index contributed by atoms with van der Waals surface area (Å²) in [6.45, 7) is -1.12. The molecule has 0 amide bonds. The van der Waals surface area contributed by atoms with Gasteiger partial charge in [-0.3, -0.25) is 4.90 Å². The van der Waals surface area contributed by atoms with Crippen molar-refractivity contribution in [2.45, 2.75) is 19.0 Å². The standard InChI is InChI=1S/C13H16F5NO/c14-11-3-2-10(8-12(11)15)4-6-19(5-1-7-20)9-13(16,17)18/h2-3,8,20H,1,4-7,9H2. The molecule has 0 spiro atoms. The van der Waals surface area contributed by atoms with Crippen LogP contribution >= 0.6 is 0 Å². The van der Waals surface area contributed by atoms with Crippen LogP contribution in [-0.4, -0.2) is 42.4 Å². The Kier molecular flexibility index (Phi) is 6.35. The van der Waals surface area contributed by atoms with Crippen LogP contribution in [0.2, 0.25) is 0 Å². The number of rotatable bonds is 7. The van der Waals surface area contributed by atoms with Gasteiger partial charge < -0.3 is 5.11 Å². The summed E-state index contributed by atoms with van der Waals surface area (Å²) in [5.74, 6) is -2.00. The summed E-state index contributed by atoms with van der Waals surface area (Å²) in [5, 5.41) is 8.67. The molecule has 0 atom stereocenters. The Labute approximate surface area is 113 Å². The van der Waals surface area contributed by atoms with E-state index in [2.05, 4.69) is 0 Å². The second kappa shape index (κ2) is 7.54. The van der Waals surface area contributed by atoms with E-state index >= 15 is 0 Å². The van der Waals surface area contributed by atoms with Gasteiger partial charge in [0.1, 0.15) is 0 Å². The van der Waals surface area contributed by atoms with Crippen LogP contribution in [-0.2, 0) is 6.42 Å². The lowest BCUT2D eigenvalue weighted by Gasteiger charge is -2.23. The van der Waals surface area contributed by atoms with Crippen LogP contribution in [0.25, 0.3) is 0 Å². The Morgan fingerprint density at radius 1 is 1.05 bits per heavy atom. The zero-order valence-electron chi connectivity index (χ0n) is 10.8. The van der Waals surface area contributed by atoms with Crippen molar-refractivity contribution in [2.75, 3.05) is 26.2 Å². The summed E-state index contributed by atoms with van der Waals surface area (Å²) >= 11 is 0. The lowest BCUT2D eigenvalue weighted by molar-refractivity contribution is -0.146. The summed E-state index contributed by atoms with van der Waals surface area (Å²) in [4.78, 5) is 1.14. The fourth-order valence-corrected chi connectivity index (χ4v) is 1.80. The lowest BCUT2D eigenvalue weighted by atomic mass is 10.1. The monoisotopic (exact) mass is 297 g/mol. The molecule has 114 valence electrons. The van der Waals surface area contributed by atoms with Crippen LogP contribution in [0.5, 0.6) is 0 Å². The Bertz CT molecular complexity index is 422. The molecule has 2 nitrogen and oxygen atoms in total. The van der Waals surface area contributed by atoms with E-state index < -0.39 is 24.4 Å². The summed E-state index contributed by atoms with van der Waals surface area (Å²) in [6.07, 6.45) is -3.92. The number of nitrogens with zero attached hydrogens (tertiary/aromatic N) is 1. The fourth-order valence-electron chi connectivity index (χ4n) is 1.80. The second-order valence-electron chi connectivity index (χ2n) is 4.47. The van der Waals surface area contributed by atoms with Gasteiger partial charge in [0.25, 0.3) is 0 Å². The zero-order chi connectivity index (χ0) is 15.2. The van der Waals surface area contributed by atoms with Gasteiger partial charge in [-0.2, -0.15) is 13.2 Å². The first-order valence-corrected chi connectivity index (χ1v) is 6.15. The number of alkyl halides is 3. The van der Waals surface area contributed by atoms with E-state index in [0.29, 0.717) is 5.56 Å². The molecule has 0 radical (unpaired) electrons. The van der Waals surface area contributed by atoms with E-state index in [1.54, 1.807) is 0 Å². The van der Waals surface area contributed by atoms with Crippen LogP contribution < -0.4 is 0 Å². The summed E-state index contributed by atoms with van der Waals surface area (Å²) in [6, 6.07) is 3.27. The molecule has 1 aromatic rings. The highest BCUT2D eigenvalue weighted by Crippen LogP contribution is 2.17. The number of aliphatic hydroxyl groups excluding tert-OH is 1. The lowest BCUT2D eigenvalue weighted by Crippen LogP contribution is -2.36. The highest BCUT2D eigenvalue weighted by Gasteiger charge is 2.30. The van der Waals surface area contributed by atoms with Crippen molar-refractivity contribution in [1.29, 1.82) is 0 Å². The van der Waals surface area contributed by atoms with Crippen molar-refractivity contribution in [2.24, 2.45) is 0 Å². The van der Waals surface area contributed by atoms with Crippen LogP contribution in [0.3, 0.4) is 0 Å². The van der Waals surface area contributed by atoms with E-state index in [1.807, 2.05) is 0 Å². The van der Waals surface area contributed by atoms with Gasteiger partial charge in [-0.25, -0.2) is 8.78 Å². The van der Waals surface area contributed by atoms with Crippen LogP contribution in [0, 0.1) is 11.6 Å². The zero-order valence-corrected chi connectivity index (χ0v) is 10.8. The maximum Gasteiger partial charge on any atom is 0.401 e. The third-order valence-corrected chi connectivity index (χ3v) is 2.74. The largest absolute Gasteiger partial charge is 0.401 e. The average Bonchev–Trinajstić information content (AvgIpc) is 2.35. The molecule has 1 rings (SSSR count). The van der Waals surface area contributed by atoms with Crippen molar-refractivity contribution in [3.05, 3.63) is 35.4 Å². The van der Waals surface area contributed by atoms with Crippen molar-refractivity contribution >= 4 is 0 Å². The molecular weight excluding hydrogens is 281 g/mol. The van der Waals surface area contributed by atoms with Crippen molar-refractivity contribution in [1.82, 2.24) is 4.90 Å². The Hall–Kier alpha value is -1.21. The van der Waals surface area contributed by atoms with Gasteiger partial charge in [0.05, 0.1) is 6.54 Å². The van der Waals surface area contributed by atoms with E-state index in [-0.39, 0.29) is 32.5 Å². The molecule has 0 heterocycles. The normalized spacial score (nSPS) is 12.2. The van der Waals surface area contributed by atoms with Gasteiger partial charge in [0.15, 0.2) is 11.6 Å². The molecule has 7 heteroatoms. The quantitative estimate of drug-likeness (QED) is 0.782. The molecule has 20 heavy (non-hydrogen) atoms. The maximum absolute atomic E-state index is 13.0. The van der Waals surface area contributed by atoms with Gasteiger partial charge >= 0.3 is 6.18 Å². The van der Waals surface area contributed by atoms with E-state index in [4.69, 9.17) is 5.11 Å². The minimum absolute atomic E-state index is 0.0601. The molecule has 0 aliphatic heterocycles. The molecule has 0 bridgehead atoms. The molecule has 0 saturated heterocycles. The van der Waals surface area contributed by atoms with Gasteiger partial charge in [-0.1, -0.05) is 6.07 Å². The molecule has 0 unspecified atom stereocenters. The SMILES string of the molecule is OCCCN(CCc1ccc(F)c(F)c1)CC(F)(F)F. The number of aliphatic hydroxyl groups is 1. The average molecular weight is 297 g/mol. The number of hydrogen-bond donors (Lipinski definition) is 1. The van der Waals surface area contributed by atoms with Crippen molar-refractivity contribution < 1.29 is 27.1 Å². The predicted molar refractivity (Wildman–Crippen MR) is 64.3 cm³/mol. The third kappa shape index (κ3) is 6.29. The maximum atomic E-state index is 13.0. The fraction of sp³-hybridized carbons (Fsp3) is 0.538. The van der Waals surface area contributed by atoms with E-state index in [0.717, 1.165) is 17.0 Å². The van der Waals surface area contributed by atoms with Crippen molar-refractivity contribution in [3.8, 4) is 0 Å². The first kappa shape index (κ1) is 16.8. The predicted octanol–water partition coefficient (Wildman–Crippen LogP) is 2.75. The number of benzene rings is 1. The van der Waals surface area contributed by atoms with Crippen LogP contribution in [0.1, 0.15) is 12.0 Å². The van der Waals surface area contributed by atoms with E-state index in [9.17, 15) is 22.0 Å². The smallest absolute Gasteiger partial charge is 0.396 e. The molecule has 0 aliphatic carbocycles. The summed E-state index contributed by atoms with van der Waals surface area (Å²) < 4.78 is 62.8. The highest BCUT2D eigenvalue weighted by molar-refractivity contribution is 5.18. The van der Waals surface area contributed by atoms with Crippen LogP contribution in [0.15, 0.2) is 18.2 Å². The van der Waals surface area contributed by atoms with Crippen LogP contribution in [0.4, 0.5) is 22.0 Å². The molecule has 0 aliphatic rings. The molecule has 0 saturated carbocycles. The summed E-state index contributed by atoms with van der Waals surface area (Å²) in [7, 11) is 0. The molecule has 0 fully saturated rings.